The number of sulfonamides is 1. The second kappa shape index (κ2) is 6.03. The molecular formula is C14H22N2O2S. The Morgan fingerprint density at radius 2 is 1.74 bits per heavy atom. The lowest BCUT2D eigenvalue weighted by Crippen LogP contribution is -2.34. The summed E-state index contributed by atoms with van der Waals surface area (Å²) < 4.78 is 24.7. The van der Waals surface area contributed by atoms with Crippen LogP contribution < -0.4 is 0 Å². The summed E-state index contributed by atoms with van der Waals surface area (Å²) >= 11 is 0. The minimum atomic E-state index is -3.04. The highest BCUT2D eigenvalue weighted by atomic mass is 32.2. The van der Waals surface area contributed by atoms with Crippen molar-refractivity contribution in [2.24, 2.45) is 0 Å². The molecule has 0 atom stereocenters. The van der Waals surface area contributed by atoms with Gasteiger partial charge in [-0.3, -0.25) is 4.90 Å². The molecular weight excluding hydrogens is 260 g/mol. The Hall–Kier alpha value is -0.910. The van der Waals surface area contributed by atoms with Gasteiger partial charge in [-0.05, 0) is 25.5 Å². The molecule has 4 nitrogen and oxygen atoms in total. The molecule has 1 heterocycles. The smallest absolute Gasteiger partial charge is 0.211 e. The fraction of sp³-hybridized carbons (Fsp3) is 0.571. The Morgan fingerprint density at radius 3 is 2.37 bits per heavy atom. The molecule has 0 aliphatic carbocycles. The molecule has 106 valence electrons. The van der Waals surface area contributed by atoms with Gasteiger partial charge >= 0.3 is 0 Å². The lowest BCUT2D eigenvalue weighted by Gasteiger charge is -2.20. The highest BCUT2D eigenvalue weighted by molar-refractivity contribution is 7.88. The van der Waals surface area contributed by atoms with E-state index in [0.717, 1.165) is 26.1 Å². The first-order valence-electron chi connectivity index (χ1n) is 6.68. The molecule has 0 amide bonds. The van der Waals surface area contributed by atoms with Crippen LogP contribution in [0.1, 0.15) is 17.5 Å². The van der Waals surface area contributed by atoms with Gasteiger partial charge in [0.25, 0.3) is 0 Å². The minimum absolute atomic E-state index is 0.602. The summed E-state index contributed by atoms with van der Waals surface area (Å²) in [4.78, 5) is 2.33. The van der Waals surface area contributed by atoms with Crippen LogP contribution in [0.15, 0.2) is 24.3 Å². The summed E-state index contributed by atoms with van der Waals surface area (Å²) in [6.07, 6.45) is 2.20. The lowest BCUT2D eigenvalue weighted by molar-refractivity contribution is 0.279. The van der Waals surface area contributed by atoms with Crippen molar-refractivity contribution in [2.75, 3.05) is 32.4 Å². The molecule has 1 aromatic rings. The van der Waals surface area contributed by atoms with Crippen LogP contribution in [0.5, 0.6) is 0 Å². The normalized spacial score (nSPS) is 19.3. The summed E-state index contributed by atoms with van der Waals surface area (Å²) in [7, 11) is -3.04. The van der Waals surface area contributed by atoms with Crippen LogP contribution >= 0.6 is 0 Å². The van der Waals surface area contributed by atoms with E-state index in [1.165, 1.54) is 17.4 Å². The SMILES string of the molecule is Cc1ccc(CN2CCCN(S(C)(=O)=O)CC2)cc1. The van der Waals surface area contributed by atoms with Gasteiger partial charge in [0.2, 0.25) is 10.0 Å². The maximum atomic E-state index is 11.5. The molecule has 0 radical (unpaired) electrons. The largest absolute Gasteiger partial charge is 0.298 e. The second-order valence-electron chi connectivity index (χ2n) is 5.28. The van der Waals surface area contributed by atoms with Gasteiger partial charge in [0.1, 0.15) is 0 Å². The van der Waals surface area contributed by atoms with Crippen molar-refractivity contribution in [1.29, 1.82) is 0 Å². The first kappa shape index (κ1) is 14.5. The van der Waals surface area contributed by atoms with E-state index < -0.39 is 10.0 Å². The number of hydrogen-bond acceptors (Lipinski definition) is 3. The summed E-state index contributed by atoms with van der Waals surface area (Å²) in [6, 6.07) is 8.54. The predicted octanol–water partition coefficient (Wildman–Crippen LogP) is 1.46. The molecule has 1 aliphatic rings. The number of nitrogens with zero attached hydrogens (tertiary/aromatic N) is 2. The average Bonchev–Trinajstić information content (AvgIpc) is 2.57. The Labute approximate surface area is 116 Å². The highest BCUT2D eigenvalue weighted by Gasteiger charge is 2.21. The molecule has 0 N–H and O–H groups in total. The van der Waals surface area contributed by atoms with E-state index in [1.54, 1.807) is 4.31 Å². The van der Waals surface area contributed by atoms with Gasteiger partial charge in [0.15, 0.2) is 0 Å². The first-order chi connectivity index (χ1) is 8.95. The summed E-state index contributed by atoms with van der Waals surface area (Å²) in [5, 5.41) is 0. The Balaban J connectivity index is 1.94. The second-order valence-corrected chi connectivity index (χ2v) is 7.26. The van der Waals surface area contributed by atoms with Crippen molar-refractivity contribution in [3.8, 4) is 0 Å². The number of hydrogen-bond donors (Lipinski definition) is 0. The number of rotatable bonds is 3. The highest BCUT2D eigenvalue weighted by Crippen LogP contribution is 2.11. The summed E-state index contributed by atoms with van der Waals surface area (Å²) in [5.74, 6) is 0. The molecule has 0 bridgehead atoms. The van der Waals surface area contributed by atoms with Crippen LogP contribution in [0.25, 0.3) is 0 Å². The number of benzene rings is 1. The van der Waals surface area contributed by atoms with E-state index in [-0.39, 0.29) is 0 Å². The zero-order valence-electron chi connectivity index (χ0n) is 11.7. The first-order valence-corrected chi connectivity index (χ1v) is 8.53. The number of aryl methyl sites for hydroxylation is 1. The Bertz CT molecular complexity index is 511. The van der Waals surface area contributed by atoms with Crippen LogP contribution in [0.3, 0.4) is 0 Å². The molecule has 1 fully saturated rings. The van der Waals surface area contributed by atoms with E-state index in [1.807, 2.05) is 0 Å². The topological polar surface area (TPSA) is 40.6 Å². The third-order valence-corrected chi connectivity index (χ3v) is 4.85. The molecule has 19 heavy (non-hydrogen) atoms. The maximum Gasteiger partial charge on any atom is 0.211 e. The third-order valence-electron chi connectivity index (χ3n) is 3.54. The fourth-order valence-corrected chi connectivity index (χ4v) is 3.26. The van der Waals surface area contributed by atoms with Gasteiger partial charge in [0, 0.05) is 26.2 Å². The van der Waals surface area contributed by atoms with Gasteiger partial charge in [-0.2, -0.15) is 0 Å². The van der Waals surface area contributed by atoms with Crippen molar-refractivity contribution in [3.05, 3.63) is 35.4 Å². The fourth-order valence-electron chi connectivity index (χ4n) is 2.39. The Kier molecular flexibility index (Phi) is 4.60. The van der Waals surface area contributed by atoms with Crippen LogP contribution in [0.4, 0.5) is 0 Å². The van der Waals surface area contributed by atoms with Crippen molar-refractivity contribution in [2.45, 2.75) is 19.9 Å². The van der Waals surface area contributed by atoms with E-state index in [4.69, 9.17) is 0 Å². The molecule has 0 saturated carbocycles. The summed E-state index contributed by atoms with van der Waals surface area (Å²) in [6.45, 7) is 5.99. The van der Waals surface area contributed by atoms with E-state index in [2.05, 4.69) is 36.1 Å². The third kappa shape index (κ3) is 4.30. The van der Waals surface area contributed by atoms with Crippen LogP contribution in [-0.2, 0) is 16.6 Å². The van der Waals surface area contributed by atoms with Crippen molar-refractivity contribution >= 4 is 10.0 Å². The minimum Gasteiger partial charge on any atom is -0.298 e. The molecule has 2 rings (SSSR count). The van der Waals surface area contributed by atoms with Gasteiger partial charge in [-0.25, -0.2) is 12.7 Å². The maximum absolute atomic E-state index is 11.5. The van der Waals surface area contributed by atoms with Gasteiger partial charge in [0.05, 0.1) is 6.26 Å². The zero-order valence-corrected chi connectivity index (χ0v) is 12.5. The van der Waals surface area contributed by atoms with Gasteiger partial charge < -0.3 is 0 Å². The standard InChI is InChI=1S/C14H22N2O2S/c1-13-4-6-14(7-5-13)12-15-8-3-9-16(11-10-15)19(2,17)18/h4-7H,3,8-12H2,1-2H3. The van der Waals surface area contributed by atoms with Gasteiger partial charge in [-0.1, -0.05) is 29.8 Å². The van der Waals surface area contributed by atoms with Gasteiger partial charge in [-0.15, -0.1) is 0 Å². The predicted molar refractivity (Wildman–Crippen MR) is 77.5 cm³/mol. The molecule has 1 aromatic carbocycles. The Morgan fingerprint density at radius 1 is 1.05 bits per heavy atom. The molecule has 5 heteroatoms. The van der Waals surface area contributed by atoms with Crippen LogP contribution in [0, 0.1) is 6.92 Å². The van der Waals surface area contributed by atoms with Crippen LogP contribution in [0.2, 0.25) is 0 Å². The molecule has 0 aromatic heterocycles. The van der Waals surface area contributed by atoms with E-state index in [9.17, 15) is 8.42 Å². The van der Waals surface area contributed by atoms with E-state index in [0.29, 0.717) is 13.1 Å². The molecule has 1 saturated heterocycles. The summed E-state index contributed by atoms with van der Waals surface area (Å²) in [5.41, 5.74) is 2.56. The lowest BCUT2D eigenvalue weighted by atomic mass is 10.1. The molecule has 1 aliphatic heterocycles. The van der Waals surface area contributed by atoms with Crippen LogP contribution in [-0.4, -0.2) is 50.1 Å². The zero-order chi connectivity index (χ0) is 13.9. The average molecular weight is 282 g/mol. The van der Waals surface area contributed by atoms with Crippen molar-refractivity contribution < 1.29 is 8.42 Å². The van der Waals surface area contributed by atoms with Crippen molar-refractivity contribution in [1.82, 2.24) is 9.21 Å². The van der Waals surface area contributed by atoms with Crippen molar-refractivity contribution in [3.63, 3.8) is 0 Å². The van der Waals surface area contributed by atoms with E-state index >= 15 is 0 Å². The monoisotopic (exact) mass is 282 g/mol. The molecule has 0 unspecified atom stereocenters. The molecule has 0 spiro atoms. The quantitative estimate of drug-likeness (QED) is 0.843.